The van der Waals surface area contributed by atoms with Crippen molar-refractivity contribution in [1.29, 1.82) is 0 Å². The molecule has 1 saturated heterocycles. The van der Waals surface area contributed by atoms with E-state index in [-0.39, 0.29) is 30.6 Å². The summed E-state index contributed by atoms with van der Waals surface area (Å²) in [7, 11) is 0. The Kier molecular flexibility index (Phi) is 7.20. The molecule has 2 bridgehead atoms. The maximum atomic E-state index is 14.8. The van der Waals surface area contributed by atoms with Gasteiger partial charge in [0.15, 0.2) is 17.5 Å². The molecule has 3 aliphatic carbocycles. The van der Waals surface area contributed by atoms with Crippen LogP contribution in [0.15, 0.2) is 41.5 Å². The number of hydrogen-bond donors (Lipinski definition) is 3. The highest BCUT2D eigenvalue weighted by Crippen LogP contribution is 2.64. The van der Waals surface area contributed by atoms with Crippen LogP contribution in [0, 0.1) is 16.7 Å². The SMILES string of the molecule is CC(=O)O[C@H]1C(=O)[C@]2(C)[C@H](O)C[C@H]3OC[C@@]3(OC(C)=O)[C@H]2[C@H](OC(=O)c2ccccc2)[C@]2(O)C[C@H](O)C(C)=C1C2(C)C. The highest BCUT2D eigenvalue weighted by atomic mass is 16.6. The second-order valence-corrected chi connectivity index (χ2v) is 12.8. The first-order chi connectivity index (χ1) is 19.5. The van der Waals surface area contributed by atoms with Gasteiger partial charge < -0.3 is 34.3 Å². The minimum atomic E-state index is -2.11. The van der Waals surface area contributed by atoms with Crippen LogP contribution in [0.4, 0.5) is 0 Å². The van der Waals surface area contributed by atoms with Gasteiger partial charge in [0.05, 0.1) is 35.7 Å². The zero-order valence-electron chi connectivity index (χ0n) is 24.6. The molecule has 11 nitrogen and oxygen atoms in total. The molecule has 0 unspecified atom stereocenters. The van der Waals surface area contributed by atoms with Crippen molar-refractivity contribution in [2.24, 2.45) is 16.7 Å². The number of fused-ring (bicyclic) bond motifs is 5. The number of ketones is 1. The zero-order valence-corrected chi connectivity index (χ0v) is 24.6. The van der Waals surface area contributed by atoms with Crippen LogP contribution in [-0.4, -0.2) is 87.3 Å². The van der Waals surface area contributed by atoms with Crippen molar-refractivity contribution in [3.8, 4) is 0 Å². The predicted octanol–water partition coefficient (Wildman–Crippen LogP) is 1.65. The zero-order chi connectivity index (χ0) is 31.0. The van der Waals surface area contributed by atoms with E-state index < -0.39 is 82.2 Å². The molecule has 0 amide bonds. The Morgan fingerprint density at radius 1 is 1.00 bits per heavy atom. The Balaban J connectivity index is 1.84. The lowest BCUT2D eigenvalue weighted by Crippen LogP contribution is -2.81. The van der Waals surface area contributed by atoms with Gasteiger partial charge in [-0.25, -0.2) is 4.79 Å². The van der Waals surface area contributed by atoms with Crippen LogP contribution in [0.25, 0.3) is 0 Å². The number of benzene rings is 1. The Labute approximate surface area is 243 Å². The standard InChI is InChI=1S/C31H38O11/c1-15-19(34)13-31(38)26(41-27(37)18-10-8-7-9-11-18)24-29(6,20(35)12-21-30(24,14-39-21)42-17(3)33)25(36)23(40-16(2)32)22(15)28(31,4)5/h7-11,19-21,23-24,26,34-35,38H,12-14H2,1-6H3/t19-,20+,21+,23+,24-,26-,29+,30-,31+/m0/s1. The summed E-state index contributed by atoms with van der Waals surface area (Å²) in [6.07, 6.45) is -7.27. The highest BCUT2D eigenvalue weighted by Gasteiger charge is 2.78. The summed E-state index contributed by atoms with van der Waals surface area (Å²) < 4.78 is 23.5. The summed E-state index contributed by atoms with van der Waals surface area (Å²) in [4.78, 5) is 53.4. The number of aliphatic hydroxyl groups is 3. The van der Waals surface area contributed by atoms with Crippen LogP contribution in [0.5, 0.6) is 0 Å². The summed E-state index contributed by atoms with van der Waals surface area (Å²) >= 11 is 0. The molecule has 0 spiro atoms. The molecule has 1 aromatic carbocycles. The lowest BCUT2D eigenvalue weighted by molar-refractivity contribution is -0.345. The first-order valence-electron chi connectivity index (χ1n) is 14.1. The van der Waals surface area contributed by atoms with Crippen molar-refractivity contribution in [3.05, 3.63) is 47.0 Å². The van der Waals surface area contributed by atoms with Crippen LogP contribution < -0.4 is 0 Å². The van der Waals surface area contributed by atoms with Gasteiger partial charge in [0.2, 0.25) is 0 Å². The van der Waals surface area contributed by atoms with Crippen molar-refractivity contribution in [3.63, 3.8) is 0 Å². The fraction of sp³-hybridized carbons (Fsp3) is 0.613. The van der Waals surface area contributed by atoms with Crippen molar-refractivity contribution < 1.29 is 53.4 Å². The first kappa shape index (κ1) is 30.3. The molecule has 5 rings (SSSR count). The van der Waals surface area contributed by atoms with E-state index in [4.69, 9.17) is 18.9 Å². The number of rotatable bonds is 4. The van der Waals surface area contributed by atoms with Crippen LogP contribution in [0.2, 0.25) is 0 Å². The maximum absolute atomic E-state index is 14.8. The molecule has 9 atom stereocenters. The molecule has 42 heavy (non-hydrogen) atoms. The summed E-state index contributed by atoms with van der Waals surface area (Å²) in [5, 5.41) is 35.8. The predicted molar refractivity (Wildman–Crippen MR) is 145 cm³/mol. The Bertz CT molecular complexity index is 1350. The van der Waals surface area contributed by atoms with E-state index in [1.54, 1.807) is 39.0 Å². The number of carbonyl (C=O) groups is 4. The molecule has 1 aliphatic heterocycles. The van der Waals surface area contributed by atoms with Gasteiger partial charge >= 0.3 is 17.9 Å². The third-order valence-corrected chi connectivity index (χ3v) is 10.2. The van der Waals surface area contributed by atoms with E-state index in [1.807, 2.05) is 0 Å². The van der Waals surface area contributed by atoms with Crippen molar-refractivity contribution in [2.45, 2.75) is 96.1 Å². The molecule has 228 valence electrons. The number of Topliss-reactive ketones (excluding diaryl/α,β-unsaturated/α-hetero) is 1. The average molecular weight is 587 g/mol. The minimum absolute atomic E-state index is 0.110. The fourth-order valence-electron chi connectivity index (χ4n) is 7.91. The van der Waals surface area contributed by atoms with Gasteiger partial charge in [-0.1, -0.05) is 32.0 Å². The molecule has 1 aromatic rings. The molecule has 3 fully saturated rings. The Morgan fingerprint density at radius 2 is 1.64 bits per heavy atom. The summed E-state index contributed by atoms with van der Waals surface area (Å²) in [5.74, 6) is -4.41. The van der Waals surface area contributed by atoms with E-state index in [0.717, 1.165) is 6.92 Å². The first-order valence-corrected chi connectivity index (χ1v) is 14.1. The van der Waals surface area contributed by atoms with Gasteiger partial charge in [0.25, 0.3) is 0 Å². The van der Waals surface area contributed by atoms with Gasteiger partial charge in [-0.15, -0.1) is 0 Å². The molecular weight excluding hydrogens is 548 g/mol. The summed E-state index contributed by atoms with van der Waals surface area (Å²) in [5.41, 5.74) is -6.38. The lowest BCUT2D eigenvalue weighted by Gasteiger charge is -2.67. The number of esters is 3. The van der Waals surface area contributed by atoms with E-state index in [9.17, 15) is 34.5 Å². The molecule has 0 radical (unpaired) electrons. The molecule has 3 N–H and O–H groups in total. The Hall–Kier alpha value is -3.12. The summed E-state index contributed by atoms with van der Waals surface area (Å²) in [6, 6.07) is 8.05. The van der Waals surface area contributed by atoms with Crippen molar-refractivity contribution in [1.82, 2.24) is 0 Å². The smallest absolute Gasteiger partial charge is 0.338 e. The second kappa shape index (κ2) is 9.97. The van der Waals surface area contributed by atoms with Crippen LogP contribution >= 0.6 is 0 Å². The largest absolute Gasteiger partial charge is 0.455 e. The average Bonchev–Trinajstić information content (AvgIpc) is 2.90. The van der Waals surface area contributed by atoms with E-state index in [0.29, 0.717) is 5.57 Å². The topological polar surface area (TPSA) is 166 Å². The number of carbonyl (C=O) groups excluding carboxylic acids is 4. The van der Waals surface area contributed by atoms with Gasteiger partial charge in [-0.05, 0) is 37.1 Å². The Morgan fingerprint density at radius 3 is 2.19 bits per heavy atom. The minimum Gasteiger partial charge on any atom is -0.455 e. The molecule has 0 aromatic heterocycles. The quantitative estimate of drug-likeness (QED) is 0.267. The maximum Gasteiger partial charge on any atom is 0.338 e. The van der Waals surface area contributed by atoms with E-state index in [2.05, 4.69) is 0 Å². The van der Waals surface area contributed by atoms with Gasteiger partial charge in [0, 0.05) is 32.1 Å². The highest BCUT2D eigenvalue weighted by molar-refractivity contribution is 5.95. The normalized spacial score (nSPS) is 40.4. The van der Waals surface area contributed by atoms with E-state index in [1.165, 1.54) is 26.0 Å². The van der Waals surface area contributed by atoms with Gasteiger partial charge in [-0.3, -0.25) is 14.4 Å². The molecule has 11 heteroatoms. The van der Waals surface area contributed by atoms with Gasteiger partial charge in [-0.2, -0.15) is 0 Å². The molecule has 2 saturated carbocycles. The molecular formula is C31H38O11. The molecule has 1 heterocycles. The third-order valence-electron chi connectivity index (χ3n) is 10.2. The van der Waals surface area contributed by atoms with Crippen LogP contribution in [0.1, 0.15) is 64.7 Å². The summed E-state index contributed by atoms with van der Waals surface area (Å²) in [6.45, 7) is 8.42. The number of hydrogen-bond acceptors (Lipinski definition) is 11. The van der Waals surface area contributed by atoms with Crippen LogP contribution in [-0.2, 0) is 33.3 Å². The second-order valence-electron chi connectivity index (χ2n) is 12.8. The van der Waals surface area contributed by atoms with Crippen molar-refractivity contribution >= 4 is 23.7 Å². The number of aliphatic hydroxyl groups excluding tert-OH is 2. The fourth-order valence-corrected chi connectivity index (χ4v) is 7.91. The number of ether oxygens (including phenoxy) is 4. The van der Waals surface area contributed by atoms with Crippen LogP contribution in [0.3, 0.4) is 0 Å². The third kappa shape index (κ3) is 4.08. The lowest BCUT2D eigenvalue weighted by atomic mass is 9.44. The monoisotopic (exact) mass is 586 g/mol. The molecule has 4 aliphatic rings. The van der Waals surface area contributed by atoms with E-state index >= 15 is 0 Å². The van der Waals surface area contributed by atoms with Crippen molar-refractivity contribution in [2.75, 3.05) is 6.61 Å². The van der Waals surface area contributed by atoms with Gasteiger partial charge in [0.1, 0.15) is 17.8 Å².